The van der Waals surface area contributed by atoms with E-state index in [9.17, 15) is 0 Å². The molecule has 114 valence electrons. The maximum atomic E-state index is 6.58. The van der Waals surface area contributed by atoms with Crippen molar-refractivity contribution in [2.24, 2.45) is 5.73 Å². The van der Waals surface area contributed by atoms with E-state index in [1.54, 1.807) is 0 Å². The molecule has 0 rings (SSSR count). The second kappa shape index (κ2) is 10.4. The van der Waals surface area contributed by atoms with Gasteiger partial charge in [0.25, 0.3) is 0 Å². The zero-order chi connectivity index (χ0) is 14.7. The van der Waals surface area contributed by atoms with Gasteiger partial charge in [0.15, 0.2) is 0 Å². The Morgan fingerprint density at radius 3 is 2.05 bits per heavy atom. The van der Waals surface area contributed by atoms with Gasteiger partial charge in [-0.15, -0.1) is 6.58 Å². The van der Waals surface area contributed by atoms with Gasteiger partial charge in [-0.05, 0) is 45.2 Å². The highest BCUT2D eigenvalue weighted by molar-refractivity contribution is 4.96. The number of hydrogen-bond acceptors (Lipinski definition) is 2. The van der Waals surface area contributed by atoms with Crippen molar-refractivity contribution in [3.63, 3.8) is 0 Å². The van der Waals surface area contributed by atoms with E-state index in [1.807, 2.05) is 6.08 Å². The summed E-state index contributed by atoms with van der Waals surface area (Å²) in [6.07, 6.45) is 10.4. The second-order valence-corrected chi connectivity index (χ2v) is 5.52. The normalized spacial score (nSPS) is 13.8. The summed E-state index contributed by atoms with van der Waals surface area (Å²) in [5, 5.41) is 0. The number of nitrogens with two attached hydrogens (primary N) is 1. The van der Waals surface area contributed by atoms with Crippen LogP contribution in [0.15, 0.2) is 12.7 Å². The minimum atomic E-state index is 0.196. The Morgan fingerprint density at radius 1 is 1.05 bits per heavy atom. The Labute approximate surface area is 121 Å². The monoisotopic (exact) mass is 268 g/mol. The number of allylic oxidation sites excluding steroid dienone is 1. The van der Waals surface area contributed by atoms with Crippen molar-refractivity contribution < 1.29 is 0 Å². The molecule has 1 unspecified atom stereocenters. The van der Waals surface area contributed by atoms with E-state index in [2.05, 4.69) is 39.2 Å². The third-order valence-corrected chi connectivity index (χ3v) is 4.73. The Kier molecular flexibility index (Phi) is 10.3. The van der Waals surface area contributed by atoms with Crippen molar-refractivity contribution in [2.45, 2.75) is 84.2 Å². The molecule has 0 fully saturated rings. The fourth-order valence-electron chi connectivity index (χ4n) is 3.41. The lowest BCUT2D eigenvalue weighted by Gasteiger charge is -2.46. The topological polar surface area (TPSA) is 29.3 Å². The highest BCUT2D eigenvalue weighted by Crippen LogP contribution is 2.29. The molecule has 0 aromatic rings. The molecule has 0 aliphatic carbocycles. The first-order valence-corrected chi connectivity index (χ1v) is 8.24. The average Bonchev–Trinajstić information content (AvgIpc) is 2.44. The van der Waals surface area contributed by atoms with Gasteiger partial charge >= 0.3 is 0 Å². The first-order chi connectivity index (χ1) is 9.12. The third-order valence-electron chi connectivity index (χ3n) is 4.73. The van der Waals surface area contributed by atoms with Crippen molar-refractivity contribution in [1.29, 1.82) is 0 Å². The van der Waals surface area contributed by atoms with E-state index in [1.165, 1.54) is 19.3 Å². The molecular formula is C17H36N2. The Hall–Kier alpha value is -0.340. The number of likely N-dealkylation sites (N-methyl/N-ethyl adjacent to an activating group) is 1. The van der Waals surface area contributed by atoms with Crippen molar-refractivity contribution >= 4 is 0 Å². The summed E-state index contributed by atoms with van der Waals surface area (Å²) in [6, 6.07) is 0.297. The predicted octanol–water partition coefficient (Wildman–Crippen LogP) is 4.35. The number of nitrogens with zero attached hydrogens (tertiary/aromatic N) is 1. The van der Waals surface area contributed by atoms with Crippen LogP contribution in [0, 0.1) is 0 Å². The van der Waals surface area contributed by atoms with Gasteiger partial charge in [-0.25, -0.2) is 0 Å². The summed E-state index contributed by atoms with van der Waals surface area (Å²) in [5.74, 6) is 0. The van der Waals surface area contributed by atoms with Crippen LogP contribution >= 0.6 is 0 Å². The quantitative estimate of drug-likeness (QED) is 0.421. The molecule has 19 heavy (non-hydrogen) atoms. The van der Waals surface area contributed by atoms with Crippen molar-refractivity contribution in [3.8, 4) is 0 Å². The Morgan fingerprint density at radius 2 is 1.63 bits per heavy atom. The minimum absolute atomic E-state index is 0.196. The third kappa shape index (κ3) is 5.27. The van der Waals surface area contributed by atoms with Gasteiger partial charge in [0.1, 0.15) is 0 Å². The van der Waals surface area contributed by atoms with Gasteiger partial charge in [-0.1, -0.05) is 46.6 Å². The molecule has 1 atom stereocenters. The Balaban J connectivity index is 4.46. The van der Waals surface area contributed by atoms with Gasteiger partial charge in [0.2, 0.25) is 0 Å². The average molecular weight is 268 g/mol. The van der Waals surface area contributed by atoms with Crippen LogP contribution in [0.1, 0.15) is 72.6 Å². The first kappa shape index (κ1) is 18.7. The highest BCUT2D eigenvalue weighted by atomic mass is 15.2. The van der Waals surface area contributed by atoms with Crippen LogP contribution in [0.4, 0.5) is 0 Å². The molecule has 0 saturated heterocycles. The largest absolute Gasteiger partial charge is 0.326 e. The molecular weight excluding hydrogens is 232 g/mol. The van der Waals surface area contributed by atoms with E-state index in [0.29, 0.717) is 6.04 Å². The highest BCUT2D eigenvalue weighted by Gasteiger charge is 2.37. The number of unbranched alkanes of at least 4 members (excludes halogenated alkanes) is 3. The lowest BCUT2D eigenvalue weighted by Crippen LogP contribution is -2.59. The van der Waals surface area contributed by atoms with Crippen molar-refractivity contribution in [2.75, 3.05) is 13.1 Å². The molecule has 2 nitrogen and oxygen atoms in total. The molecule has 0 bridgehead atoms. The van der Waals surface area contributed by atoms with Crippen LogP contribution in [0.2, 0.25) is 0 Å². The van der Waals surface area contributed by atoms with Gasteiger partial charge in [0, 0.05) is 11.6 Å². The lowest BCUT2D eigenvalue weighted by molar-refractivity contribution is 0.0591. The molecule has 0 aliphatic rings. The van der Waals surface area contributed by atoms with Gasteiger partial charge in [-0.2, -0.15) is 0 Å². The van der Waals surface area contributed by atoms with Gasteiger partial charge < -0.3 is 5.73 Å². The van der Waals surface area contributed by atoms with E-state index in [-0.39, 0.29) is 5.54 Å². The fourth-order valence-corrected chi connectivity index (χ4v) is 3.41. The molecule has 2 N–H and O–H groups in total. The smallest absolute Gasteiger partial charge is 0.0354 e. The molecule has 0 spiro atoms. The second-order valence-electron chi connectivity index (χ2n) is 5.52. The van der Waals surface area contributed by atoms with Gasteiger partial charge in [0.05, 0.1) is 0 Å². The van der Waals surface area contributed by atoms with Crippen molar-refractivity contribution in [1.82, 2.24) is 4.90 Å². The van der Waals surface area contributed by atoms with E-state index >= 15 is 0 Å². The summed E-state index contributed by atoms with van der Waals surface area (Å²) in [5.41, 5.74) is 6.78. The molecule has 2 heteroatoms. The molecule has 0 saturated carbocycles. The molecule has 0 aromatic carbocycles. The summed E-state index contributed by atoms with van der Waals surface area (Å²) in [6.45, 7) is 15.1. The maximum Gasteiger partial charge on any atom is 0.0354 e. The molecule has 0 aromatic heterocycles. The van der Waals surface area contributed by atoms with Crippen LogP contribution in [-0.2, 0) is 0 Å². The Bertz CT molecular complexity index is 217. The summed E-state index contributed by atoms with van der Waals surface area (Å²) in [7, 11) is 0. The lowest BCUT2D eigenvalue weighted by atomic mass is 9.80. The van der Waals surface area contributed by atoms with Crippen LogP contribution in [-0.4, -0.2) is 29.6 Å². The molecule has 0 radical (unpaired) electrons. The van der Waals surface area contributed by atoms with Crippen molar-refractivity contribution in [3.05, 3.63) is 12.7 Å². The maximum absolute atomic E-state index is 6.58. The zero-order valence-electron chi connectivity index (χ0n) is 13.8. The molecule has 0 aliphatic heterocycles. The standard InChI is InChI=1S/C17H36N2/c1-6-11-12-13-14-15-16(18)17(7-2,8-3)19(9-4)10-5/h6,16H,1,7-15,18H2,2-5H3. The molecule has 0 heterocycles. The van der Waals surface area contributed by atoms with Gasteiger partial charge in [-0.3, -0.25) is 4.90 Å². The number of hydrogen-bond donors (Lipinski definition) is 1. The number of rotatable bonds is 12. The SMILES string of the molecule is C=CCCCCCC(N)C(CC)(CC)N(CC)CC. The van der Waals surface area contributed by atoms with E-state index < -0.39 is 0 Å². The summed E-state index contributed by atoms with van der Waals surface area (Å²) >= 11 is 0. The predicted molar refractivity (Wildman–Crippen MR) is 87.5 cm³/mol. The fraction of sp³-hybridized carbons (Fsp3) is 0.882. The van der Waals surface area contributed by atoms with Crippen LogP contribution in [0.3, 0.4) is 0 Å². The van der Waals surface area contributed by atoms with Crippen LogP contribution < -0.4 is 5.73 Å². The van der Waals surface area contributed by atoms with E-state index in [4.69, 9.17) is 5.73 Å². The molecule has 0 amide bonds. The van der Waals surface area contributed by atoms with Crippen LogP contribution in [0.25, 0.3) is 0 Å². The van der Waals surface area contributed by atoms with E-state index in [0.717, 1.165) is 38.8 Å². The summed E-state index contributed by atoms with van der Waals surface area (Å²) < 4.78 is 0. The summed E-state index contributed by atoms with van der Waals surface area (Å²) in [4.78, 5) is 2.57. The van der Waals surface area contributed by atoms with Crippen LogP contribution in [0.5, 0.6) is 0 Å². The first-order valence-electron chi connectivity index (χ1n) is 8.24. The minimum Gasteiger partial charge on any atom is -0.326 e. The zero-order valence-corrected chi connectivity index (χ0v) is 13.8.